The van der Waals surface area contributed by atoms with E-state index in [1.807, 2.05) is 19.9 Å². The summed E-state index contributed by atoms with van der Waals surface area (Å²) in [6.45, 7) is 4.79. The number of aromatic nitrogens is 1. The highest BCUT2D eigenvalue weighted by molar-refractivity contribution is 6.31. The lowest BCUT2D eigenvalue weighted by molar-refractivity contribution is -0.921. The minimum Gasteiger partial charge on any atom is -0.358 e. The first kappa shape index (κ1) is 16.5. The lowest BCUT2D eigenvalue weighted by atomic mass is 9.94. The van der Waals surface area contributed by atoms with E-state index in [0.717, 1.165) is 28.9 Å². The van der Waals surface area contributed by atoms with Gasteiger partial charge in [-0.2, -0.15) is 0 Å². The fourth-order valence-corrected chi connectivity index (χ4v) is 4.19. The molecule has 0 bridgehead atoms. The number of quaternary nitrogens is 1. The Hall–Kier alpha value is -1.32. The summed E-state index contributed by atoms with van der Waals surface area (Å²) in [5.41, 5.74) is 3.96. The second-order valence-electron chi connectivity index (χ2n) is 7.06. The van der Waals surface area contributed by atoms with Crippen molar-refractivity contribution in [3.63, 3.8) is 0 Å². The average molecular weight is 334 g/mol. The summed E-state index contributed by atoms with van der Waals surface area (Å²) in [6, 6.07) is 4.37. The molecule has 1 fully saturated rings. The van der Waals surface area contributed by atoms with Crippen molar-refractivity contribution in [1.29, 1.82) is 0 Å². The Morgan fingerprint density at radius 2 is 1.91 bits per heavy atom. The van der Waals surface area contributed by atoms with E-state index in [4.69, 9.17) is 11.6 Å². The Balaban J connectivity index is 1.99. The summed E-state index contributed by atoms with van der Waals surface area (Å²) in [5, 5.41) is 1.34. The average Bonchev–Trinajstić information content (AvgIpc) is 2.53. The summed E-state index contributed by atoms with van der Waals surface area (Å²) in [5.74, 6) is 0. The van der Waals surface area contributed by atoms with Crippen molar-refractivity contribution >= 4 is 22.5 Å². The number of H-pyrrole nitrogens is 1. The lowest BCUT2D eigenvalue weighted by Crippen LogP contribution is -3.12. The van der Waals surface area contributed by atoms with Crippen molar-refractivity contribution in [2.75, 3.05) is 7.05 Å². The molecule has 1 aliphatic carbocycles. The Morgan fingerprint density at radius 3 is 2.61 bits per heavy atom. The van der Waals surface area contributed by atoms with Crippen LogP contribution in [0.5, 0.6) is 0 Å². The van der Waals surface area contributed by atoms with E-state index in [-0.39, 0.29) is 5.43 Å². The number of hydrogen-bond donors (Lipinski definition) is 2. The fraction of sp³-hybridized carbons (Fsp3) is 0.526. The van der Waals surface area contributed by atoms with Gasteiger partial charge in [-0.15, -0.1) is 0 Å². The zero-order valence-corrected chi connectivity index (χ0v) is 15.0. The van der Waals surface area contributed by atoms with Crippen LogP contribution in [0.3, 0.4) is 0 Å². The molecule has 23 heavy (non-hydrogen) atoms. The molecule has 1 aromatic carbocycles. The molecular weight excluding hydrogens is 308 g/mol. The van der Waals surface area contributed by atoms with Gasteiger partial charge in [-0.1, -0.05) is 18.0 Å². The number of nitrogens with one attached hydrogen (secondary N) is 2. The maximum atomic E-state index is 13.0. The van der Waals surface area contributed by atoms with Gasteiger partial charge in [-0.3, -0.25) is 4.79 Å². The molecule has 1 aromatic heterocycles. The van der Waals surface area contributed by atoms with Gasteiger partial charge >= 0.3 is 0 Å². The van der Waals surface area contributed by atoms with Crippen LogP contribution in [0.25, 0.3) is 10.9 Å². The van der Waals surface area contributed by atoms with E-state index >= 15 is 0 Å². The molecule has 1 saturated carbocycles. The number of halogens is 1. The summed E-state index contributed by atoms with van der Waals surface area (Å²) in [4.78, 5) is 17.9. The van der Waals surface area contributed by atoms with Gasteiger partial charge in [0.1, 0.15) is 6.54 Å². The molecule has 1 atom stereocenters. The largest absolute Gasteiger partial charge is 0.358 e. The molecule has 1 aliphatic rings. The van der Waals surface area contributed by atoms with Crippen LogP contribution in [0.15, 0.2) is 16.9 Å². The maximum Gasteiger partial charge on any atom is 0.198 e. The van der Waals surface area contributed by atoms with E-state index in [2.05, 4.69) is 12.0 Å². The number of benzene rings is 1. The zero-order chi connectivity index (χ0) is 16.6. The van der Waals surface area contributed by atoms with Crippen LogP contribution in [0, 0.1) is 13.8 Å². The standard InChI is InChI=1S/C19H25ClN2O/c1-12-9-14(20)10-16-18(12)21-13(2)17(19(16)23)11-22(3)15-7-5-4-6-8-15/h9-10,15H,4-8,11H2,1-3H3,(H,21,23)/p+1. The molecule has 124 valence electrons. The second-order valence-corrected chi connectivity index (χ2v) is 7.50. The lowest BCUT2D eigenvalue weighted by Gasteiger charge is -2.28. The molecule has 2 aromatic rings. The van der Waals surface area contributed by atoms with E-state index in [0.29, 0.717) is 16.5 Å². The van der Waals surface area contributed by atoms with Gasteiger partial charge in [0, 0.05) is 16.1 Å². The van der Waals surface area contributed by atoms with Crippen LogP contribution < -0.4 is 10.3 Å². The number of aryl methyl sites for hydroxylation is 2. The topological polar surface area (TPSA) is 37.3 Å². The summed E-state index contributed by atoms with van der Waals surface area (Å²) in [6.07, 6.45) is 6.56. The third-order valence-electron chi connectivity index (χ3n) is 5.34. The van der Waals surface area contributed by atoms with Gasteiger partial charge in [-0.25, -0.2) is 0 Å². The number of hydrogen-bond acceptors (Lipinski definition) is 1. The minimum absolute atomic E-state index is 0.136. The molecule has 0 spiro atoms. The minimum atomic E-state index is 0.136. The van der Waals surface area contributed by atoms with E-state index in [9.17, 15) is 4.79 Å². The van der Waals surface area contributed by atoms with Gasteiger partial charge in [0.05, 0.1) is 24.2 Å². The number of aromatic amines is 1. The van der Waals surface area contributed by atoms with E-state index in [1.165, 1.54) is 37.0 Å². The van der Waals surface area contributed by atoms with Gasteiger partial charge in [0.25, 0.3) is 0 Å². The number of rotatable bonds is 3. The van der Waals surface area contributed by atoms with Gasteiger partial charge in [-0.05, 0) is 57.2 Å². The third kappa shape index (κ3) is 3.31. The van der Waals surface area contributed by atoms with Gasteiger partial charge < -0.3 is 9.88 Å². The molecule has 3 nitrogen and oxygen atoms in total. The highest BCUT2D eigenvalue weighted by Crippen LogP contribution is 2.21. The van der Waals surface area contributed by atoms with Gasteiger partial charge in [0.15, 0.2) is 5.43 Å². The molecule has 0 amide bonds. The zero-order valence-electron chi connectivity index (χ0n) is 14.3. The van der Waals surface area contributed by atoms with Crippen molar-refractivity contribution in [3.8, 4) is 0 Å². The van der Waals surface area contributed by atoms with Crippen molar-refractivity contribution in [3.05, 3.63) is 44.2 Å². The Bertz CT molecular complexity index is 775. The quantitative estimate of drug-likeness (QED) is 0.889. The second kappa shape index (κ2) is 6.66. The first-order chi connectivity index (χ1) is 11.0. The number of fused-ring (bicyclic) bond motifs is 1. The van der Waals surface area contributed by atoms with Crippen molar-refractivity contribution in [1.82, 2.24) is 4.98 Å². The molecule has 3 rings (SSSR count). The Kier molecular flexibility index (Phi) is 4.79. The fourth-order valence-electron chi connectivity index (χ4n) is 3.92. The Morgan fingerprint density at radius 1 is 1.22 bits per heavy atom. The smallest absolute Gasteiger partial charge is 0.198 e. The molecular formula is C19H26ClN2O+. The van der Waals surface area contributed by atoms with Crippen LogP contribution >= 0.6 is 11.6 Å². The first-order valence-corrected chi connectivity index (χ1v) is 8.99. The molecule has 0 radical (unpaired) electrons. The highest BCUT2D eigenvalue weighted by atomic mass is 35.5. The molecule has 4 heteroatoms. The van der Waals surface area contributed by atoms with Crippen molar-refractivity contribution in [2.24, 2.45) is 0 Å². The van der Waals surface area contributed by atoms with Crippen LogP contribution in [-0.4, -0.2) is 18.1 Å². The predicted octanol–water partition coefficient (Wildman–Crippen LogP) is 3.15. The maximum absolute atomic E-state index is 13.0. The Labute approximate surface area is 142 Å². The predicted molar refractivity (Wildman–Crippen MR) is 96.5 cm³/mol. The monoisotopic (exact) mass is 333 g/mol. The summed E-state index contributed by atoms with van der Waals surface area (Å²) >= 11 is 6.16. The van der Waals surface area contributed by atoms with Crippen molar-refractivity contribution < 1.29 is 4.90 Å². The van der Waals surface area contributed by atoms with E-state index < -0.39 is 0 Å². The van der Waals surface area contributed by atoms with Gasteiger partial charge in [0.2, 0.25) is 0 Å². The molecule has 0 aliphatic heterocycles. The molecule has 1 unspecified atom stereocenters. The summed E-state index contributed by atoms with van der Waals surface area (Å²) in [7, 11) is 2.22. The van der Waals surface area contributed by atoms with Crippen LogP contribution in [0.1, 0.15) is 48.9 Å². The third-order valence-corrected chi connectivity index (χ3v) is 5.56. The highest BCUT2D eigenvalue weighted by Gasteiger charge is 2.23. The first-order valence-electron chi connectivity index (χ1n) is 8.61. The summed E-state index contributed by atoms with van der Waals surface area (Å²) < 4.78 is 0. The number of pyridine rings is 1. The molecule has 2 N–H and O–H groups in total. The van der Waals surface area contributed by atoms with E-state index in [1.54, 1.807) is 6.07 Å². The van der Waals surface area contributed by atoms with Crippen LogP contribution in [0.4, 0.5) is 0 Å². The van der Waals surface area contributed by atoms with Crippen LogP contribution in [0.2, 0.25) is 5.02 Å². The molecule has 0 saturated heterocycles. The molecule has 1 heterocycles. The normalized spacial score (nSPS) is 17.6. The van der Waals surface area contributed by atoms with Crippen LogP contribution in [-0.2, 0) is 6.54 Å². The van der Waals surface area contributed by atoms with Crippen molar-refractivity contribution in [2.45, 2.75) is 58.5 Å². The SMILES string of the molecule is Cc1[nH]c2c(C)cc(Cl)cc2c(=O)c1C[NH+](C)C1CCCCC1.